The van der Waals surface area contributed by atoms with Gasteiger partial charge in [0.25, 0.3) is 0 Å². The van der Waals surface area contributed by atoms with Gasteiger partial charge in [0.15, 0.2) is 5.65 Å². The molecule has 1 saturated heterocycles. The number of ether oxygens (including phenoxy) is 1. The second-order valence-corrected chi connectivity index (χ2v) is 6.44. The Morgan fingerprint density at radius 3 is 3.00 bits per heavy atom. The molecule has 1 fully saturated rings. The normalized spacial score (nSPS) is 15.2. The zero-order chi connectivity index (χ0) is 18.6. The summed E-state index contributed by atoms with van der Waals surface area (Å²) < 4.78 is 12.6. The lowest BCUT2D eigenvalue weighted by atomic mass is 10.1. The summed E-state index contributed by atoms with van der Waals surface area (Å²) in [6.07, 6.45) is 6.29. The number of amides is 1. The van der Waals surface area contributed by atoms with Crippen LogP contribution >= 0.6 is 0 Å². The summed E-state index contributed by atoms with van der Waals surface area (Å²) >= 11 is 0. The molecule has 0 bridgehead atoms. The summed E-state index contributed by atoms with van der Waals surface area (Å²) in [5.74, 6) is 1.56. The largest absolute Gasteiger partial charge is 0.467 e. The van der Waals surface area contributed by atoms with Crippen LogP contribution in [-0.2, 0) is 11.3 Å². The molecule has 1 aliphatic rings. The van der Waals surface area contributed by atoms with E-state index in [2.05, 4.69) is 20.3 Å². The fourth-order valence-corrected chi connectivity index (χ4v) is 3.30. The molecule has 3 aromatic heterocycles. The molecule has 1 amide bonds. The van der Waals surface area contributed by atoms with Crippen molar-refractivity contribution in [2.45, 2.75) is 32.4 Å². The minimum Gasteiger partial charge on any atom is -0.467 e. The number of carbonyl (C=O) groups excluding carboxylic acids is 1. The molecule has 0 aliphatic carbocycles. The molecular formula is C18H22N6O3. The zero-order valence-electron chi connectivity index (χ0n) is 15.2. The molecule has 1 N–H and O–H groups in total. The second kappa shape index (κ2) is 7.65. The predicted molar refractivity (Wildman–Crippen MR) is 98.4 cm³/mol. The minimum absolute atomic E-state index is 0.218. The monoisotopic (exact) mass is 370 g/mol. The van der Waals surface area contributed by atoms with Crippen LogP contribution in [0.2, 0.25) is 0 Å². The number of furan rings is 1. The van der Waals surface area contributed by atoms with Crippen LogP contribution in [0.15, 0.2) is 35.3 Å². The molecule has 0 spiro atoms. The maximum absolute atomic E-state index is 11.9. The number of nitrogens with one attached hydrogen (secondary N) is 1. The molecule has 0 aromatic carbocycles. The standard InChI is InChI=1S/C18H22N6O3/c1-2-26-18(25)23-7-5-13(6-8-23)21-17-22-15-10-19-12-20-16(15)24(17)11-14-4-3-9-27-14/h3-4,9-10,12-13H,2,5-8,11H2,1H3,(H,21,22). The van der Waals surface area contributed by atoms with Gasteiger partial charge in [-0.15, -0.1) is 0 Å². The summed E-state index contributed by atoms with van der Waals surface area (Å²) in [6, 6.07) is 4.01. The summed E-state index contributed by atoms with van der Waals surface area (Å²) in [5.41, 5.74) is 1.49. The van der Waals surface area contributed by atoms with Gasteiger partial charge in [0.05, 0.1) is 25.6 Å². The van der Waals surface area contributed by atoms with Crippen LogP contribution in [0.1, 0.15) is 25.5 Å². The number of imidazole rings is 1. The molecule has 0 atom stereocenters. The number of anilines is 1. The molecule has 4 heterocycles. The lowest BCUT2D eigenvalue weighted by Crippen LogP contribution is -2.42. The number of nitrogens with zero attached hydrogens (tertiary/aromatic N) is 5. The van der Waals surface area contributed by atoms with Crippen molar-refractivity contribution >= 4 is 23.2 Å². The molecule has 27 heavy (non-hydrogen) atoms. The molecule has 1 aliphatic heterocycles. The van der Waals surface area contributed by atoms with Crippen LogP contribution in [0.25, 0.3) is 11.2 Å². The highest BCUT2D eigenvalue weighted by Gasteiger charge is 2.25. The second-order valence-electron chi connectivity index (χ2n) is 6.44. The Morgan fingerprint density at radius 1 is 1.41 bits per heavy atom. The third-order valence-corrected chi connectivity index (χ3v) is 4.66. The fraction of sp³-hybridized carbons (Fsp3) is 0.444. The third kappa shape index (κ3) is 3.71. The highest BCUT2D eigenvalue weighted by atomic mass is 16.6. The van der Waals surface area contributed by atoms with Crippen LogP contribution in [0.3, 0.4) is 0 Å². The van der Waals surface area contributed by atoms with Gasteiger partial charge in [0, 0.05) is 19.1 Å². The first-order valence-corrected chi connectivity index (χ1v) is 9.11. The lowest BCUT2D eigenvalue weighted by molar-refractivity contribution is 0.0983. The van der Waals surface area contributed by atoms with E-state index in [0.717, 1.165) is 35.7 Å². The fourth-order valence-electron chi connectivity index (χ4n) is 3.30. The molecule has 142 valence electrons. The van der Waals surface area contributed by atoms with Gasteiger partial charge in [-0.3, -0.25) is 4.57 Å². The van der Waals surface area contributed by atoms with Gasteiger partial charge in [-0.1, -0.05) is 0 Å². The number of carbonyl (C=O) groups is 1. The summed E-state index contributed by atoms with van der Waals surface area (Å²) in [7, 11) is 0. The van der Waals surface area contributed by atoms with E-state index in [1.165, 1.54) is 6.33 Å². The number of likely N-dealkylation sites (tertiary alicyclic amines) is 1. The van der Waals surface area contributed by atoms with Crippen molar-refractivity contribution in [1.82, 2.24) is 24.4 Å². The van der Waals surface area contributed by atoms with Crippen molar-refractivity contribution in [1.29, 1.82) is 0 Å². The average Bonchev–Trinajstić information content (AvgIpc) is 3.31. The maximum atomic E-state index is 11.9. The van der Waals surface area contributed by atoms with E-state index >= 15 is 0 Å². The van der Waals surface area contributed by atoms with Crippen molar-refractivity contribution in [3.05, 3.63) is 36.7 Å². The summed E-state index contributed by atoms with van der Waals surface area (Å²) in [4.78, 5) is 26.7. The number of rotatable bonds is 5. The van der Waals surface area contributed by atoms with Crippen molar-refractivity contribution < 1.29 is 13.9 Å². The number of hydrogen-bond acceptors (Lipinski definition) is 7. The van der Waals surface area contributed by atoms with E-state index in [1.54, 1.807) is 17.4 Å². The highest BCUT2D eigenvalue weighted by molar-refractivity contribution is 5.73. The van der Waals surface area contributed by atoms with Crippen molar-refractivity contribution in [2.75, 3.05) is 25.0 Å². The van der Waals surface area contributed by atoms with Crippen molar-refractivity contribution in [3.8, 4) is 0 Å². The molecule has 9 nitrogen and oxygen atoms in total. The minimum atomic E-state index is -0.240. The zero-order valence-corrected chi connectivity index (χ0v) is 15.2. The van der Waals surface area contributed by atoms with Crippen molar-refractivity contribution in [2.24, 2.45) is 0 Å². The van der Waals surface area contributed by atoms with E-state index in [1.807, 2.05) is 23.6 Å². The SMILES string of the molecule is CCOC(=O)N1CCC(Nc2nc3cncnc3n2Cc2ccco2)CC1. The Balaban J connectivity index is 1.50. The van der Waals surface area contributed by atoms with Crippen LogP contribution < -0.4 is 5.32 Å². The number of aromatic nitrogens is 4. The van der Waals surface area contributed by atoms with Gasteiger partial charge >= 0.3 is 6.09 Å². The highest BCUT2D eigenvalue weighted by Crippen LogP contribution is 2.22. The van der Waals surface area contributed by atoms with Gasteiger partial charge in [-0.25, -0.2) is 19.7 Å². The average molecular weight is 370 g/mol. The van der Waals surface area contributed by atoms with Gasteiger partial charge in [0.1, 0.15) is 17.6 Å². The van der Waals surface area contributed by atoms with E-state index in [0.29, 0.717) is 26.2 Å². The number of fused-ring (bicyclic) bond motifs is 1. The van der Waals surface area contributed by atoms with Crippen LogP contribution in [-0.4, -0.2) is 56.3 Å². The Labute approximate surface area is 156 Å². The van der Waals surface area contributed by atoms with E-state index in [4.69, 9.17) is 9.15 Å². The van der Waals surface area contributed by atoms with Gasteiger partial charge in [-0.05, 0) is 31.9 Å². The molecule has 3 aromatic rings. The first kappa shape index (κ1) is 17.3. The van der Waals surface area contributed by atoms with E-state index in [9.17, 15) is 4.79 Å². The molecule has 9 heteroatoms. The third-order valence-electron chi connectivity index (χ3n) is 4.66. The van der Waals surface area contributed by atoms with Gasteiger partial charge in [0.2, 0.25) is 5.95 Å². The van der Waals surface area contributed by atoms with Crippen LogP contribution in [0.4, 0.5) is 10.7 Å². The topological polar surface area (TPSA) is 98.3 Å². The predicted octanol–water partition coefficient (Wildman–Crippen LogP) is 2.50. The Bertz CT molecular complexity index is 899. The quantitative estimate of drug-likeness (QED) is 0.737. The van der Waals surface area contributed by atoms with E-state index < -0.39 is 0 Å². The molecule has 0 saturated carbocycles. The number of piperidine rings is 1. The van der Waals surface area contributed by atoms with E-state index in [-0.39, 0.29) is 12.1 Å². The van der Waals surface area contributed by atoms with Gasteiger partial charge < -0.3 is 19.4 Å². The van der Waals surface area contributed by atoms with Crippen LogP contribution in [0, 0.1) is 0 Å². The van der Waals surface area contributed by atoms with Crippen LogP contribution in [0.5, 0.6) is 0 Å². The maximum Gasteiger partial charge on any atom is 0.409 e. The van der Waals surface area contributed by atoms with Gasteiger partial charge in [-0.2, -0.15) is 0 Å². The Morgan fingerprint density at radius 2 is 2.26 bits per heavy atom. The molecule has 0 radical (unpaired) electrons. The van der Waals surface area contributed by atoms with Crippen molar-refractivity contribution in [3.63, 3.8) is 0 Å². The summed E-state index contributed by atoms with van der Waals surface area (Å²) in [5, 5.41) is 3.51. The molecule has 0 unspecified atom stereocenters. The smallest absolute Gasteiger partial charge is 0.409 e. The number of hydrogen-bond donors (Lipinski definition) is 1. The molecular weight excluding hydrogens is 348 g/mol. The summed E-state index contributed by atoms with van der Waals surface area (Å²) in [6.45, 7) is 4.07. The molecule has 4 rings (SSSR count). The Hall–Kier alpha value is -3.10. The first-order valence-electron chi connectivity index (χ1n) is 9.11. The Kier molecular flexibility index (Phi) is 4.91. The lowest BCUT2D eigenvalue weighted by Gasteiger charge is -2.31. The first-order chi connectivity index (χ1) is 13.2.